The first-order valence-corrected chi connectivity index (χ1v) is 8.45. The fourth-order valence-electron chi connectivity index (χ4n) is 4.02. The molecule has 0 amide bonds. The molecule has 0 radical (unpaired) electrons. The molecule has 6 rings (SSSR count). The van der Waals surface area contributed by atoms with Gasteiger partial charge in [-0.05, 0) is 24.3 Å². The van der Waals surface area contributed by atoms with E-state index in [4.69, 9.17) is 0 Å². The van der Waals surface area contributed by atoms with Crippen molar-refractivity contribution in [3.8, 4) is 16.9 Å². The van der Waals surface area contributed by atoms with Crippen LogP contribution in [0, 0.1) is 0 Å². The second-order valence-corrected chi connectivity index (χ2v) is 6.46. The molecule has 1 aliphatic rings. The molecule has 0 unspecified atom stereocenters. The van der Waals surface area contributed by atoms with Crippen LogP contribution in [-0.4, -0.2) is 14.0 Å². The number of imidazole rings is 2. The van der Waals surface area contributed by atoms with Crippen molar-refractivity contribution in [2.24, 2.45) is 0 Å². The summed E-state index contributed by atoms with van der Waals surface area (Å²) < 4.78 is 6.87. The van der Waals surface area contributed by atoms with E-state index in [1.165, 1.54) is 22.5 Å². The van der Waals surface area contributed by atoms with Gasteiger partial charge in [-0.25, -0.2) is 9.55 Å². The minimum atomic E-state index is 0.920. The zero-order valence-electron chi connectivity index (χ0n) is 13.5. The van der Waals surface area contributed by atoms with Gasteiger partial charge in [-0.2, -0.15) is 4.40 Å². The van der Waals surface area contributed by atoms with E-state index in [0.717, 1.165) is 23.4 Å². The maximum Gasteiger partial charge on any atom is 0.261 e. The Bertz CT molecular complexity index is 1260. The van der Waals surface area contributed by atoms with Gasteiger partial charge in [0.1, 0.15) is 6.54 Å². The highest BCUT2D eigenvalue weighted by Crippen LogP contribution is 2.34. The van der Waals surface area contributed by atoms with E-state index in [1.54, 1.807) is 0 Å². The van der Waals surface area contributed by atoms with Crippen molar-refractivity contribution in [2.45, 2.75) is 6.54 Å². The number of benzene rings is 2. The van der Waals surface area contributed by atoms with E-state index in [9.17, 15) is 0 Å². The van der Waals surface area contributed by atoms with Crippen molar-refractivity contribution < 1.29 is 4.57 Å². The van der Waals surface area contributed by atoms with E-state index in [-0.39, 0.29) is 0 Å². The van der Waals surface area contributed by atoms with Gasteiger partial charge in [0, 0.05) is 17.3 Å². The Morgan fingerprint density at radius 1 is 0.880 bits per heavy atom. The topological polar surface area (TPSA) is 26.1 Å². The summed E-state index contributed by atoms with van der Waals surface area (Å²) in [5, 5.41) is 0. The molecule has 0 spiro atoms. The van der Waals surface area contributed by atoms with Crippen molar-refractivity contribution in [1.82, 2.24) is 14.0 Å². The molecule has 0 N–H and O–H groups in total. The molecule has 0 fully saturated rings. The fraction of sp³-hybridized carbons (Fsp3) is 0.0476. The van der Waals surface area contributed by atoms with E-state index in [2.05, 4.69) is 79.4 Å². The predicted molar refractivity (Wildman–Crippen MR) is 96.8 cm³/mol. The number of para-hydroxylation sites is 1. The van der Waals surface area contributed by atoms with Crippen LogP contribution in [0.25, 0.3) is 33.8 Å². The van der Waals surface area contributed by atoms with Crippen molar-refractivity contribution in [3.63, 3.8) is 0 Å². The largest absolute Gasteiger partial charge is 0.261 e. The molecule has 4 heterocycles. The monoisotopic (exact) mass is 323 g/mol. The molecular weight excluding hydrogens is 308 g/mol. The standard InChI is InChI=1S/C21H15N4/c1-2-8-16(9-3-1)25-20-18(11-6-12-22-20)24-14-23-13-15-7-4-5-10-17(15)19(23)21(24)25/h1-12,14H,13H2/q+1. The first-order chi connectivity index (χ1) is 12.4. The highest BCUT2D eigenvalue weighted by Gasteiger charge is 2.33. The first-order valence-electron chi connectivity index (χ1n) is 8.45. The number of fused-ring (bicyclic) bond motifs is 7. The van der Waals surface area contributed by atoms with Gasteiger partial charge in [-0.3, -0.25) is 4.57 Å². The highest BCUT2D eigenvalue weighted by atomic mass is 15.2. The Morgan fingerprint density at radius 2 is 1.72 bits per heavy atom. The molecule has 0 bridgehead atoms. The summed E-state index contributed by atoms with van der Waals surface area (Å²) in [7, 11) is 0. The van der Waals surface area contributed by atoms with Crippen LogP contribution in [0.5, 0.6) is 0 Å². The zero-order chi connectivity index (χ0) is 16.4. The summed E-state index contributed by atoms with van der Waals surface area (Å²) in [6.07, 6.45) is 4.07. The van der Waals surface area contributed by atoms with Crippen molar-refractivity contribution in [3.05, 3.63) is 84.8 Å². The maximum absolute atomic E-state index is 4.68. The lowest BCUT2D eigenvalue weighted by atomic mass is 10.1. The number of aromatic nitrogens is 4. The first kappa shape index (κ1) is 13.0. The molecule has 0 saturated heterocycles. The quantitative estimate of drug-likeness (QED) is 0.425. The Balaban J connectivity index is 1.84. The fourth-order valence-corrected chi connectivity index (χ4v) is 4.02. The molecule has 0 aliphatic carbocycles. The minimum Gasteiger partial charge on any atom is -0.254 e. The molecule has 3 aromatic heterocycles. The molecule has 4 nitrogen and oxygen atoms in total. The Labute approximate surface area is 144 Å². The van der Waals surface area contributed by atoms with Gasteiger partial charge in [-0.1, -0.05) is 42.5 Å². The van der Waals surface area contributed by atoms with Gasteiger partial charge >= 0.3 is 0 Å². The van der Waals surface area contributed by atoms with Gasteiger partial charge in [0.05, 0.1) is 5.69 Å². The van der Waals surface area contributed by atoms with Crippen LogP contribution >= 0.6 is 0 Å². The molecular formula is C21H15N4+. The lowest BCUT2D eigenvalue weighted by Gasteiger charge is -2.03. The lowest BCUT2D eigenvalue weighted by Crippen LogP contribution is -2.29. The van der Waals surface area contributed by atoms with Gasteiger partial charge in [0.2, 0.25) is 5.69 Å². The van der Waals surface area contributed by atoms with Crippen LogP contribution in [-0.2, 0) is 6.54 Å². The summed E-state index contributed by atoms with van der Waals surface area (Å²) in [5.41, 5.74) is 8.36. The van der Waals surface area contributed by atoms with E-state index < -0.39 is 0 Å². The lowest BCUT2D eigenvalue weighted by molar-refractivity contribution is -0.671. The molecule has 25 heavy (non-hydrogen) atoms. The summed E-state index contributed by atoms with van der Waals surface area (Å²) in [6.45, 7) is 0.920. The van der Waals surface area contributed by atoms with Gasteiger partial charge in [0.15, 0.2) is 11.2 Å². The molecule has 4 heteroatoms. The Morgan fingerprint density at radius 3 is 2.64 bits per heavy atom. The maximum atomic E-state index is 4.68. The number of hydrogen-bond donors (Lipinski definition) is 0. The van der Waals surface area contributed by atoms with Crippen LogP contribution in [0.15, 0.2) is 79.3 Å². The second-order valence-electron chi connectivity index (χ2n) is 6.46. The van der Waals surface area contributed by atoms with Gasteiger partial charge < -0.3 is 0 Å². The van der Waals surface area contributed by atoms with Crippen molar-refractivity contribution >= 4 is 16.8 Å². The second kappa shape index (κ2) is 4.57. The number of hydrogen-bond acceptors (Lipinski definition) is 1. The van der Waals surface area contributed by atoms with Gasteiger partial charge in [-0.15, -0.1) is 0 Å². The summed E-state index contributed by atoms with van der Waals surface area (Å²) in [6, 6.07) is 23.3. The number of rotatable bonds is 1. The van der Waals surface area contributed by atoms with Crippen LogP contribution in [0.1, 0.15) is 5.56 Å². The third kappa shape index (κ3) is 1.61. The summed E-state index contributed by atoms with van der Waals surface area (Å²) in [5.74, 6) is 0. The van der Waals surface area contributed by atoms with Crippen molar-refractivity contribution in [2.75, 3.05) is 0 Å². The van der Waals surface area contributed by atoms with Crippen LogP contribution in [0.3, 0.4) is 0 Å². The van der Waals surface area contributed by atoms with Crippen LogP contribution in [0.4, 0.5) is 0 Å². The molecule has 118 valence electrons. The molecule has 0 saturated carbocycles. The summed E-state index contributed by atoms with van der Waals surface area (Å²) in [4.78, 5) is 4.68. The number of pyridine rings is 1. The molecule has 5 aromatic rings. The average Bonchev–Trinajstić information content (AvgIpc) is 3.29. The zero-order valence-corrected chi connectivity index (χ0v) is 13.5. The van der Waals surface area contributed by atoms with Gasteiger partial charge in [0.25, 0.3) is 12.0 Å². The Kier molecular flexibility index (Phi) is 2.37. The summed E-state index contributed by atoms with van der Waals surface area (Å²) >= 11 is 0. The SMILES string of the molecule is c1ccc(-n2c3ncccc3n3c[n+]4c(c23)-c2ccccc2C4)cc1. The minimum absolute atomic E-state index is 0.920. The predicted octanol–water partition coefficient (Wildman–Crippen LogP) is 3.59. The van der Waals surface area contributed by atoms with Crippen molar-refractivity contribution in [1.29, 1.82) is 0 Å². The van der Waals surface area contributed by atoms with E-state index >= 15 is 0 Å². The van der Waals surface area contributed by atoms with Crippen LogP contribution < -0.4 is 4.57 Å². The van der Waals surface area contributed by atoms with E-state index in [0.29, 0.717) is 0 Å². The third-order valence-corrected chi connectivity index (χ3v) is 5.06. The smallest absolute Gasteiger partial charge is 0.254 e. The van der Waals surface area contributed by atoms with Crippen LogP contribution in [0.2, 0.25) is 0 Å². The molecule has 0 atom stereocenters. The van der Waals surface area contributed by atoms with E-state index in [1.807, 2.05) is 18.3 Å². The third-order valence-electron chi connectivity index (χ3n) is 5.06. The molecule has 2 aromatic carbocycles. The normalized spacial score (nSPS) is 12.6. The highest BCUT2D eigenvalue weighted by molar-refractivity contribution is 5.87. The average molecular weight is 323 g/mol. The Hall–Kier alpha value is -3.40. The molecule has 1 aliphatic heterocycles. The number of nitrogens with zero attached hydrogens (tertiary/aromatic N) is 4.